The lowest BCUT2D eigenvalue weighted by molar-refractivity contribution is 1.14. The Bertz CT molecular complexity index is 514. The Hall–Kier alpha value is -1.76. The van der Waals surface area contributed by atoms with Gasteiger partial charge in [-0.1, -0.05) is 31.2 Å². The van der Waals surface area contributed by atoms with Crippen LogP contribution in [0.3, 0.4) is 0 Å². The van der Waals surface area contributed by atoms with Crippen molar-refractivity contribution in [3.05, 3.63) is 48.0 Å². The summed E-state index contributed by atoms with van der Waals surface area (Å²) in [5.74, 6) is 0. The van der Waals surface area contributed by atoms with E-state index in [9.17, 15) is 0 Å². The highest BCUT2D eigenvalue weighted by molar-refractivity contribution is 5.90. The van der Waals surface area contributed by atoms with Crippen molar-refractivity contribution in [2.75, 3.05) is 0 Å². The lowest BCUT2D eigenvalue weighted by Crippen LogP contribution is -1.83. The van der Waals surface area contributed by atoms with Gasteiger partial charge in [-0.2, -0.15) is 0 Å². The Labute approximate surface area is 89.8 Å². The van der Waals surface area contributed by atoms with E-state index < -0.39 is 0 Å². The summed E-state index contributed by atoms with van der Waals surface area (Å²) in [6.45, 7) is 2.18. The van der Waals surface area contributed by atoms with Crippen LogP contribution in [0, 0.1) is 0 Å². The van der Waals surface area contributed by atoms with E-state index in [-0.39, 0.29) is 0 Å². The van der Waals surface area contributed by atoms with Crippen LogP contribution < -0.4 is 5.32 Å². The highest BCUT2D eigenvalue weighted by Gasteiger charge is 2.18. The molecule has 1 heteroatoms. The third-order valence-corrected chi connectivity index (χ3v) is 2.90. The van der Waals surface area contributed by atoms with Gasteiger partial charge in [-0.3, -0.25) is 0 Å². The highest BCUT2D eigenvalue weighted by atomic mass is 14.9. The van der Waals surface area contributed by atoms with E-state index in [4.69, 9.17) is 0 Å². The van der Waals surface area contributed by atoms with Crippen molar-refractivity contribution < 1.29 is 0 Å². The van der Waals surface area contributed by atoms with Crippen LogP contribution in [0.15, 0.2) is 42.5 Å². The first kappa shape index (κ1) is 8.54. The van der Waals surface area contributed by atoms with Crippen molar-refractivity contribution in [1.82, 2.24) is 5.32 Å². The minimum absolute atomic E-state index is 1.08. The Kier molecular flexibility index (Phi) is 1.78. The van der Waals surface area contributed by atoms with Crippen LogP contribution in [-0.4, -0.2) is 0 Å². The molecule has 0 amide bonds. The van der Waals surface area contributed by atoms with Crippen molar-refractivity contribution in [1.29, 1.82) is 0 Å². The van der Waals surface area contributed by atoms with E-state index in [0.717, 1.165) is 17.8 Å². The van der Waals surface area contributed by atoms with E-state index in [0.29, 0.717) is 0 Å². The molecule has 0 aromatic heterocycles. The van der Waals surface area contributed by atoms with Crippen LogP contribution in [0.2, 0.25) is 0 Å². The highest BCUT2D eigenvalue weighted by Crippen LogP contribution is 2.42. The molecular weight excluding hydrogens is 182 g/mol. The van der Waals surface area contributed by atoms with Gasteiger partial charge < -0.3 is 0 Å². The maximum Gasteiger partial charge on any atom is 0.0716 e. The molecule has 0 spiro atoms. The van der Waals surface area contributed by atoms with Crippen LogP contribution >= 0.6 is 0 Å². The molecule has 1 nitrogen and oxygen atoms in total. The number of benzene rings is 2. The van der Waals surface area contributed by atoms with Gasteiger partial charge in [0.2, 0.25) is 0 Å². The van der Waals surface area contributed by atoms with Crippen molar-refractivity contribution in [2.45, 2.75) is 13.3 Å². The molecule has 0 saturated carbocycles. The lowest BCUT2D eigenvalue weighted by atomic mass is 10.0. The number of hydrogen-bond donors (Lipinski definition) is 0. The molecule has 73 valence electrons. The van der Waals surface area contributed by atoms with Gasteiger partial charge in [-0.05, 0) is 30.2 Å². The molecular formula is C14H12N. The molecule has 0 bridgehead atoms. The first-order chi connectivity index (χ1) is 7.38. The van der Waals surface area contributed by atoms with Gasteiger partial charge in [0.25, 0.3) is 0 Å². The molecule has 0 unspecified atom stereocenters. The van der Waals surface area contributed by atoms with Gasteiger partial charge in [0, 0.05) is 11.1 Å². The molecule has 15 heavy (non-hydrogen) atoms. The van der Waals surface area contributed by atoms with Gasteiger partial charge in [0.1, 0.15) is 0 Å². The fourth-order valence-electron chi connectivity index (χ4n) is 2.04. The van der Waals surface area contributed by atoms with E-state index in [1.807, 2.05) is 6.07 Å². The average molecular weight is 194 g/mol. The molecule has 0 aliphatic carbocycles. The minimum atomic E-state index is 1.08. The maximum absolute atomic E-state index is 4.59. The molecule has 2 aromatic rings. The summed E-state index contributed by atoms with van der Waals surface area (Å²) in [6, 6.07) is 14.9. The first-order valence-electron chi connectivity index (χ1n) is 5.32. The molecule has 1 radical (unpaired) electrons. The molecule has 1 aliphatic rings. The largest absolute Gasteiger partial charge is 0.248 e. The van der Waals surface area contributed by atoms with Crippen LogP contribution in [-0.2, 0) is 6.42 Å². The van der Waals surface area contributed by atoms with Gasteiger partial charge in [0.15, 0.2) is 0 Å². The zero-order valence-corrected chi connectivity index (χ0v) is 8.70. The Morgan fingerprint density at radius 1 is 0.933 bits per heavy atom. The summed E-state index contributed by atoms with van der Waals surface area (Å²) >= 11 is 0. The zero-order valence-electron chi connectivity index (χ0n) is 8.70. The summed E-state index contributed by atoms with van der Waals surface area (Å²) in [4.78, 5) is 0. The van der Waals surface area contributed by atoms with E-state index >= 15 is 0 Å². The van der Waals surface area contributed by atoms with Crippen LogP contribution in [0.25, 0.3) is 11.1 Å². The van der Waals surface area contributed by atoms with E-state index in [1.165, 1.54) is 16.7 Å². The molecule has 3 rings (SSSR count). The fraction of sp³-hybridized carbons (Fsp3) is 0.143. The summed E-state index contributed by atoms with van der Waals surface area (Å²) < 4.78 is 0. The predicted molar refractivity (Wildman–Crippen MR) is 62.7 cm³/mol. The number of para-hydroxylation sites is 1. The van der Waals surface area contributed by atoms with Crippen LogP contribution in [0.5, 0.6) is 0 Å². The Morgan fingerprint density at radius 2 is 1.73 bits per heavy atom. The van der Waals surface area contributed by atoms with Crippen molar-refractivity contribution in [3.8, 4) is 11.1 Å². The summed E-state index contributed by atoms with van der Waals surface area (Å²) in [7, 11) is 0. The molecule has 0 N–H and O–H groups in total. The number of fused-ring (bicyclic) bond motifs is 3. The third kappa shape index (κ3) is 1.23. The summed E-state index contributed by atoms with van der Waals surface area (Å²) in [5.41, 5.74) is 6.13. The number of aryl methyl sites for hydroxylation is 1. The van der Waals surface area contributed by atoms with Crippen LogP contribution in [0.1, 0.15) is 12.5 Å². The second-order valence-electron chi connectivity index (χ2n) is 3.83. The molecule has 2 aromatic carbocycles. The minimum Gasteiger partial charge on any atom is -0.248 e. The number of hydrogen-bond acceptors (Lipinski definition) is 0. The van der Waals surface area contributed by atoms with Crippen molar-refractivity contribution in [3.63, 3.8) is 0 Å². The zero-order chi connectivity index (χ0) is 10.3. The average Bonchev–Trinajstić information content (AvgIpc) is 2.66. The number of nitrogens with zero attached hydrogens (tertiary/aromatic N) is 1. The quantitative estimate of drug-likeness (QED) is 0.559. The maximum atomic E-state index is 4.59. The van der Waals surface area contributed by atoms with Crippen molar-refractivity contribution in [2.24, 2.45) is 0 Å². The Balaban J connectivity index is 2.22. The van der Waals surface area contributed by atoms with Gasteiger partial charge in [-0.15, -0.1) is 0 Å². The molecule has 0 atom stereocenters. The second-order valence-corrected chi connectivity index (χ2v) is 3.83. The summed E-state index contributed by atoms with van der Waals surface area (Å²) in [5, 5.41) is 4.59. The third-order valence-electron chi connectivity index (χ3n) is 2.90. The predicted octanol–water partition coefficient (Wildman–Crippen LogP) is 3.80. The van der Waals surface area contributed by atoms with E-state index in [1.54, 1.807) is 0 Å². The SMILES string of the molecule is CCc1ccc2c(c1)-c1ccccc1[N]2. The summed E-state index contributed by atoms with van der Waals surface area (Å²) in [6.07, 6.45) is 1.08. The number of rotatable bonds is 1. The van der Waals surface area contributed by atoms with Crippen molar-refractivity contribution >= 4 is 11.4 Å². The topological polar surface area (TPSA) is 14.1 Å². The first-order valence-corrected chi connectivity index (χ1v) is 5.32. The molecule has 1 heterocycles. The van der Waals surface area contributed by atoms with Gasteiger partial charge >= 0.3 is 0 Å². The molecule has 0 saturated heterocycles. The Morgan fingerprint density at radius 3 is 2.60 bits per heavy atom. The molecule has 0 fully saturated rings. The lowest BCUT2D eigenvalue weighted by Gasteiger charge is -2.01. The van der Waals surface area contributed by atoms with Gasteiger partial charge in [0.05, 0.1) is 11.4 Å². The van der Waals surface area contributed by atoms with Gasteiger partial charge in [-0.25, -0.2) is 5.32 Å². The fourth-order valence-corrected chi connectivity index (χ4v) is 2.04. The standard InChI is InChI=1S/C14H12N/c1-2-10-7-8-14-12(9-10)11-5-3-4-6-13(11)15-14/h3-9H,2H2,1H3. The normalized spacial score (nSPS) is 11.8. The molecule has 1 aliphatic heterocycles. The smallest absolute Gasteiger partial charge is 0.0716 e. The van der Waals surface area contributed by atoms with Crippen LogP contribution in [0.4, 0.5) is 11.4 Å². The second kappa shape index (κ2) is 3.13. The van der Waals surface area contributed by atoms with E-state index in [2.05, 4.69) is 48.6 Å². The monoisotopic (exact) mass is 194 g/mol.